The molecule has 0 aliphatic carbocycles. The van der Waals surface area contributed by atoms with Gasteiger partial charge in [-0.15, -0.1) is 0 Å². The van der Waals surface area contributed by atoms with Gasteiger partial charge in [0.05, 0.1) is 6.54 Å². The predicted molar refractivity (Wildman–Crippen MR) is 90.7 cm³/mol. The van der Waals surface area contributed by atoms with Crippen LogP contribution in [0.5, 0.6) is 5.75 Å². The molecule has 0 radical (unpaired) electrons. The number of aryl methyl sites for hydroxylation is 1. The molecule has 2 nitrogen and oxygen atoms in total. The van der Waals surface area contributed by atoms with E-state index >= 15 is 0 Å². The van der Waals surface area contributed by atoms with Crippen LogP contribution in [-0.4, -0.2) is 23.8 Å². The lowest BCUT2D eigenvalue weighted by Gasteiger charge is -2.25. The van der Waals surface area contributed by atoms with Crippen LogP contribution in [0.2, 0.25) is 0 Å². The highest BCUT2D eigenvalue weighted by atomic mass is 32.2. The summed E-state index contributed by atoms with van der Waals surface area (Å²) in [6.07, 6.45) is 2.32. The van der Waals surface area contributed by atoms with E-state index in [9.17, 15) is 0 Å². The topological polar surface area (TPSA) is 21.6 Å². The molecule has 1 saturated heterocycles. The van der Waals surface area contributed by atoms with E-state index in [4.69, 9.17) is 4.74 Å². The lowest BCUT2D eigenvalue weighted by molar-refractivity contribution is 0.240. The molecule has 108 valence electrons. The lowest BCUT2D eigenvalue weighted by Crippen LogP contribution is -2.30. The number of hydrogen-bond donors (Lipinski definition) is 0. The number of hydrogen-bond acceptors (Lipinski definition) is 3. The van der Waals surface area contributed by atoms with E-state index in [1.807, 2.05) is 30.1 Å². The first-order chi connectivity index (χ1) is 10.3. The number of aliphatic imine (C=N–C) groups is 1. The Labute approximate surface area is 130 Å². The summed E-state index contributed by atoms with van der Waals surface area (Å²) in [6.45, 7) is 2.82. The summed E-state index contributed by atoms with van der Waals surface area (Å²) < 4.78 is 5.82. The quantitative estimate of drug-likeness (QED) is 0.775. The largest absolute Gasteiger partial charge is 0.489 e. The maximum Gasteiger partial charge on any atom is 0.119 e. The molecule has 1 aliphatic heterocycles. The van der Waals surface area contributed by atoms with Crippen molar-refractivity contribution in [3.63, 3.8) is 0 Å². The minimum atomic E-state index is 0.399. The van der Waals surface area contributed by atoms with Crippen LogP contribution in [0.3, 0.4) is 0 Å². The first-order valence-corrected chi connectivity index (χ1v) is 8.35. The van der Waals surface area contributed by atoms with Gasteiger partial charge in [-0.25, -0.2) is 0 Å². The number of ether oxygens (including phenoxy) is 1. The average molecular weight is 297 g/mol. The van der Waals surface area contributed by atoms with Crippen LogP contribution in [0.25, 0.3) is 0 Å². The van der Waals surface area contributed by atoms with E-state index in [1.54, 1.807) is 0 Å². The summed E-state index contributed by atoms with van der Waals surface area (Å²) in [5, 5.41) is 0. The van der Waals surface area contributed by atoms with E-state index < -0.39 is 0 Å². The van der Waals surface area contributed by atoms with Gasteiger partial charge in [-0.2, -0.15) is 11.8 Å². The number of nitrogens with zero attached hydrogens (tertiary/aromatic N) is 1. The second-order valence-electron chi connectivity index (χ2n) is 5.30. The molecule has 0 spiro atoms. The van der Waals surface area contributed by atoms with Crippen molar-refractivity contribution in [2.45, 2.75) is 19.6 Å². The zero-order valence-electron chi connectivity index (χ0n) is 12.2. The first kappa shape index (κ1) is 14.2. The molecule has 0 atom stereocenters. The summed E-state index contributed by atoms with van der Waals surface area (Å²) in [4.78, 5) is 4.49. The number of thioether (sulfide) groups is 1. The molecule has 1 heterocycles. The summed E-state index contributed by atoms with van der Waals surface area (Å²) in [7, 11) is 0. The maximum atomic E-state index is 5.82. The van der Waals surface area contributed by atoms with Crippen molar-refractivity contribution in [1.82, 2.24) is 0 Å². The zero-order valence-corrected chi connectivity index (χ0v) is 13.0. The molecule has 0 aromatic heterocycles. The predicted octanol–water partition coefficient (Wildman–Crippen LogP) is 4.11. The van der Waals surface area contributed by atoms with Gasteiger partial charge in [0.15, 0.2) is 0 Å². The van der Waals surface area contributed by atoms with Crippen molar-refractivity contribution in [3.8, 4) is 5.75 Å². The number of benzene rings is 2. The molecule has 3 heteroatoms. The molecular formula is C18H19NOS. The van der Waals surface area contributed by atoms with Crippen LogP contribution < -0.4 is 4.74 Å². The van der Waals surface area contributed by atoms with Gasteiger partial charge < -0.3 is 4.74 Å². The normalized spacial score (nSPS) is 15.1. The molecule has 21 heavy (non-hydrogen) atoms. The minimum Gasteiger partial charge on any atom is -0.489 e. The van der Waals surface area contributed by atoms with E-state index in [0.717, 1.165) is 29.4 Å². The SMILES string of the molecule is Cc1ccc(CN=Cc2ccc(OC3CSC3)cc2)cc1. The van der Waals surface area contributed by atoms with Crippen molar-refractivity contribution >= 4 is 18.0 Å². The molecule has 1 fully saturated rings. The molecule has 2 aromatic rings. The Morgan fingerprint density at radius 1 is 1.10 bits per heavy atom. The van der Waals surface area contributed by atoms with Gasteiger partial charge in [-0.3, -0.25) is 4.99 Å². The van der Waals surface area contributed by atoms with Gasteiger partial charge in [0.2, 0.25) is 0 Å². The molecule has 0 amide bonds. The van der Waals surface area contributed by atoms with Crippen molar-refractivity contribution in [2.24, 2.45) is 4.99 Å². The summed E-state index contributed by atoms with van der Waals surface area (Å²) >= 11 is 1.93. The monoisotopic (exact) mass is 297 g/mol. The Morgan fingerprint density at radius 2 is 1.81 bits per heavy atom. The van der Waals surface area contributed by atoms with Crippen LogP contribution in [0.4, 0.5) is 0 Å². The molecule has 3 rings (SSSR count). The Bertz CT molecular complexity index is 600. The smallest absolute Gasteiger partial charge is 0.119 e. The van der Waals surface area contributed by atoms with Crippen LogP contribution in [-0.2, 0) is 6.54 Å². The van der Waals surface area contributed by atoms with Gasteiger partial charge in [0, 0.05) is 17.7 Å². The third-order valence-corrected chi connectivity index (χ3v) is 4.64. The van der Waals surface area contributed by atoms with Gasteiger partial charge in [-0.05, 0) is 42.3 Å². The molecule has 0 saturated carbocycles. The first-order valence-electron chi connectivity index (χ1n) is 7.19. The van der Waals surface area contributed by atoms with Gasteiger partial charge in [0.25, 0.3) is 0 Å². The molecule has 0 bridgehead atoms. The highest BCUT2D eigenvalue weighted by molar-refractivity contribution is 8.00. The zero-order chi connectivity index (χ0) is 14.5. The summed E-state index contributed by atoms with van der Waals surface area (Å²) in [5.41, 5.74) is 3.62. The van der Waals surface area contributed by atoms with Gasteiger partial charge in [0.1, 0.15) is 11.9 Å². The molecule has 2 aromatic carbocycles. The average Bonchev–Trinajstić information content (AvgIpc) is 2.47. The van der Waals surface area contributed by atoms with Crippen LogP contribution in [0.1, 0.15) is 16.7 Å². The summed E-state index contributed by atoms with van der Waals surface area (Å²) in [5.74, 6) is 3.18. The molecule has 0 unspecified atom stereocenters. The Morgan fingerprint density at radius 3 is 2.43 bits per heavy atom. The number of rotatable bonds is 5. The van der Waals surface area contributed by atoms with E-state index in [0.29, 0.717) is 6.10 Å². The van der Waals surface area contributed by atoms with Crippen molar-refractivity contribution in [2.75, 3.05) is 11.5 Å². The highest BCUT2D eigenvalue weighted by Gasteiger charge is 2.19. The van der Waals surface area contributed by atoms with Crippen LogP contribution >= 0.6 is 11.8 Å². The van der Waals surface area contributed by atoms with E-state index in [1.165, 1.54) is 11.1 Å². The highest BCUT2D eigenvalue weighted by Crippen LogP contribution is 2.23. The van der Waals surface area contributed by atoms with Gasteiger partial charge >= 0.3 is 0 Å². The second-order valence-corrected chi connectivity index (χ2v) is 6.38. The second kappa shape index (κ2) is 6.81. The third kappa shape index (κ3) is 4.11. The molecule has 1 aliphatic rings. The standard InChI is InChI=1S/C18H19NOS/c1-14-2-4-15(5-3-14)10-19-11-16-6-8-17(9-7-16)20-18-12-21-13-18/h2-9,11,18H,10,12-13H2,1H3. The fourth-order valence-corrected chi connectivity index (χ4v) is 2.62. The Hall–Kier alpha value is -1.74. The third-order valence-electron chi connectivity index (χ3n) is 3.43. The molecule has 0 N–H and O–H groups in total. The minimum absolute atomic E-state index is 0.399. The molecular weight excluding hydrogens is 278 g/mol. The fraction of sp³-hybridized carbons (Fsp3) is 0.278. The van der Waals surface area contributed by atoms with Crippen LogP contribution in [0.15, 0.2) is 53.5 Å². The summed E-state index contributed by atoms with van der Waals surface area (Å²) in [6, 6.07) is 16.7. The van der Waals surface area contributed by atoms with E-state index in [-0.39, 0.29) is 0 Å². The van der Waals surface area contributed by atoms with Crippen molar-refractivity contribution < 1.29 is 4.74 Å². The van der Waals surface area contributed by atoms with Crippen molar-refractivity contribution in [3.05, 3.63) is 65.2 Å². The Kier molecular flexibility index (Phi) is 4.61. The fourth-order valence-electron chi connectivity index (χ4n) is 2.06. The van der Waals surface area contributed by atoms with E-state index in [2.05, 4.69) is 48.3 Å². The van der Waals surface area contributed by atoms with Gasteiger partial charge in [-0.1, -0.05) is 29.8 Å². The lowest BCUT2D eigenvalue weighted by atomic mass is 10.1. The Balaban J connectivity index is 1.54. The van der Waals surface area contributed by atoms with Crippen molar-refractivity contribution in [1.29, 1.82) is 0 Å². The van der Waals surface area contributed by atoms with Crippen LogP contribution in [0, 0.1) is 6.92 Å². The maximum absolute atomic E-state index is 5.82.